The maximum atomic E-state index is 5.86. The van der Waals surface area contributed by atoms with Gasteiger partial charge in [-0.25, -0.2) is 0 Å². The molecule has 0 saturated carbocycles. The molecule has 1 fully saturated rings. The predicted octanol–water partition coefficient (Wildman–Crippen LogP) is 2.83. The van der Waals surface area contributed by atoms with Crippen LogP contribution in [0.4, 0.5) is 5.69 Å². The number of hydrogen-bond donors (Lipinski definition) is 1. The molecule has 1 unspecified atom stereocenters. The molecule has 1 aromatic carbocycles. The van der Waals surface area contributed by atoms with Crippen molar-refractivity contribution in [2.24, 2.45) is 5.73 Å². The van der Waals surface area contributed by atoms with Gasteiger partial charge in [0, 0.05) is 35.8 Å². The van der Waals surface area contributed by atoms with Crippen molar-refractivity contribution in [1.82, 2.24) is 4.90 Å². The Hall–Kier alpha value is -0.580. The van der Waals surface area contributed by atoms with Gasteiger partial charge in [-0.1, -0.05) is 35.8 Å². The van der Waals surface area contributed by atoms with Crippen LogP contribution >= 0.6 is 15.9 Å². The molecule has 0 aliphatic carbocycles. The Kier molecular flexibility index (Phi) is 5.25. The van der Waals surface area contributed by atoms with Gasteiger partial charge in [0.15, 0.2) is 0 Å². The maximum absolute atomic E-state index is 5.86. The topological polar surface area (TPSA) is 32.5 Å². The predicted molar refractivity (Wildman–Crippen MR) is 85.6 cm³/mol. The van der Waals surface area contributed by atoms with E-state index in [0.717, 1.165) is 30.7 Å². The second kappa shape index (κ2) is 6.73. The zero-order valence-electron chi connectivity index (χ0n) is 11.9. The minimum Gasteiger partial charge on any atom is -0.370 e. The molecule has 0 amide bonds. The normalized spacial score (nSPS) is 19.4. The van der Waals surface area contributed by atoms with Crippen LogP contribution < -0.4 is 10.6 Å². The van der Waals surface area contributed by atoms with Crippen molar-refractivity contribution in [3.63, 3.8) is 0 Å². The zero-order chi connectivity index (χ0) is 13.8. The van der Waals surface area contributed by atoms with Crippen LogP contribution in [0.15, 0.2) is 22.7 Å². The molecule has 0 radical (unpaired) electrons. The van der Waals surface area contributed by atoms with Gasteiger partial charge in [0.25, 0.3) is 0 Å². The summed E-state index contributed by atoms with van der Waals surface area (Å²) in [4.78, 5) is 5.04. The van der Waals surface area contributed by atoms with E-state index >= 15 is 0 Å². The number of nitrogens with zero attached hydrogens (tertiary/aromatic N) is 2. The molecule has 0 spiro atoms. The third kappa shape index (κ3) is 3.30. The highest BCUT2D eigenvalue weighted by Gasteiger charge is 2.27. The molecule has 0 aromatic heterocycles. The van der Waals surface area contributed by atoms with Crippen molar-refractivity contribution >= 4 is 21.6 Å². The van der Waals surface area contributed by atoms with E-state index in [1.54, 1.807) is 0 Å². The van der Waals surface area contributed by atoms with Gasteiger partial charge in [0.1, 0.15) is 0 Å². The molecular weight excluding hydrogens is 302 g/mol. The van der Waals surface area contributed by atoms with Crippen molar-refractivity contribution < 1.29 is 0 Å². The number of benzene rings is 1. The van der Waals surface area contributed by atoms with Crippen LogP contribution in [0, 0.1) is 0 Å². The molecule has 1 heterocycles. The third-order valence-corrected chi connectivity index (χ3v) is 4.59. The summed E-state index contributed by atoms with van der Waals surface area (Å²) >= 11 is 3.57. The minimum atomic E-state index is 0.606. The molecule has 106 valence electrons. The molecule has 19 heavy (non-hydrogen) atoms. The molecule has 1 aliphatic rings. The lowest BCUT2D eigenvalue weighted by Gasteiger charge is -2.27. The highest BCUT2D eigenvalue weighted by molar-refractivity contribution is 9.10. The van der Waals surface area contributed by atoms with E-state index in [4.69, 9.17) is 5.73 Å². The van der Waals surface area contributed by atoms with E-state index in [2.05, 4.69) is 57.8 Å². The van der Waals surface area contributed by atoms with E-state index in [1.807, 2.05) is 0 Å². The van der Waals surface area contributed by atoms with Gasteiger partial charge < -0.3 is 10.6 Å². The maximum Gasteiger partial charge on any atom is 0.0423 e. The average Bonchev–Trinajstić information content (AvgIpc) is 2.89. The summed E-state index contributed by atoms with van der Waals surface area (Å²) in [6.45, 7) is 9.62. The van der Waals surface area contributed by atoms with Crippen LogP contribution in [0.5, 0.6) is 0 Å². The number of halogens is 1. The lowest BCUT2D eigenvalue weighted by Crippen LogP contribution is -2.37. The van der Waals surface area contributed by atoms with Gasteiger partial charge in [-0.05, 0) is 37.2 Å². The number of nitrogens with two attached hydrogens (primary N) is 1. The monoisotopic (exact) mass is 325 g/mol. The van der Waals surface area contributed by atoms with E-state index in [1.165, 1.54) is 17.7 Å². The summed E-state index contributed by atoms with van der Waals surface area (Å²) < 4.78 is 1.13. The molecule has 1 aromatic rings. The molecule has 1 saturated heterocycles. The fourth-order valence-corrected chi connectivity index (χ4v) is 3.35. The molecular formula is C15H24BrN3. The first-order chi connectivity index (χ1) is 9.19. The second-order valence-corrected chi connectivity index (χ2v) is 6.00. The smallest absolute Gasteiger partial charge is 0.0423 e. The molecule has 1 atom stereocenters. The summed E-state index contributed by atoms with van der Waals surface area (Å²) in [5.41, 5.74) is 8.40. The largest absolute Gasteiger partial charge is 0.370 e. The van der Waals surface area contributed by atoms with Crippen molar-refractivity contribution in [1.29, 1.82) is 0 Å². The standard InChI is InChI=1S/C15H24BrN3/c1-3-18(4-2)14-7-8-19(11-14)15-9-13(16)6-5-12(15)10-17/h5-6,9,14H,3-4,7-8,10-11,17H2,1-2H3. The van der Waals surface area contributed by atoms with Gasteiger partial charge in [0.05, 0.1) is 0 Å². The van der Waals surface area contributed by atoms with Crippen LogP contribution in [0.1, 0.15) is 25.8 Å². The van der Waals surface area contributed by atoms with Crippen LogP contribution in [0.2, 0.25) is 0 Å². The van der Waals surface area contributed by atoms with Crippen LogP contribution in [0.25, 0.3) is 0 Å². The first-order valence-corrected chi connectivity index (χ1v) is 7.96. The molecule has 3 nitrogen and oxygen atoms in total. The Morgan fingerprint density at radius 1 is 1.37 bits per heavy atom. The van der Waals surface area contributed by atoms with E-state index in [9.17, 15) is 0 Å². The van der Waals surface area contributed by atoms with Gasteiger partial charge >= 0.3 is 0 Å². The van der Waals surface area contributed by atoms with E-state index in [0.29, 0.717) is 12.6 Å². The van der Waals surface area contributed by atoms with Crippen LogP contribution in [0.3, 0.4) is 0 Å². The van der Waals surface area contributed by atoms with Gasteiger partial charge in [-0.3, -0.25) is 4.90 Å². The van der Waals surface area contributed by atoms with Crippen molar-refractivity contribution in [3.8, 4) is 0 Å². The molecule has 2 rings (SSSR count). The third-order valence-electron chi connectivity index (χ3n) is 4.10. The summed E-state index contributed by atoms with van der Waals surface area (Å²) in [7, 11) is 0. The Labute approximate surface area is 124 Å². The number of likely N-dealkylation sites (N-methyl/N-ethyl adjacent to an activating group) is 1. The lowest BCUT2D eigenvalue weighted by atomic mass is 10.1. The molecule has 4 heteroatoms. The fourth-order valence-electron chi connectivity index (χ4n) is 3.00. The number of anilines is 1. The Balaban J connectivity index is 2.14. The van der Waals surface area contributed by atoms with Crippen LogP contribution in [-0.2, 0) is 6.54 Å². The summed E-state index contributed by atoms with van der Waals surface area (Å²) in [6.07, 6.45) is 1.25. The Morgan fingerprint density at radius 2 is 2.11 bits per heavy atom. The van der Waals surface area contributed by atoms with Gasteiger partial charge in [-0.15, -0.1) is 0 Å². The van der Waals surface area contributed by atoms with Gasteiger partial charge in [0.2, 0.25) is 0 Å². The zero-order valence-corrected chi connectivity index (χ0v) is 13.5. The average molecular weight is 326 g/mol. The first-order valence-electron chi connectivity index (χ1n) is 7.17. The van der Waals surface area contributed by atoms with E-state index < -0.39 is 0 Å². The van der Waals surface area contributed by atoms with Crippen molar-refractivity contribution in [3.05, 3.63) is 28.2 Å². The minimum absolute atomic E-state index is 0.606. The Morgan fingerprint density at radius 3 is 2.74 bits per heavy atom. The quantitative estimate of drug-likeness (QED) is 0.903. The van der Waals surface area contributed by atoms with Crippen LogP contribution in [-0.4, -0.2) is 37.1 Å². The summed E-state index contributed by atoms with van der Waals surface area (Å²) in [5.74, 6) is 0. The SMILES string of the molecule is CCN(CC)C1CCN(c2cc(Br)ccc2CN)C1. The van der Waals surface area contributed by atoms with E-state index in [-0.39, 0.29) is 0 Å². The molecule has 0 bridgehead atoms. The first kappa shape index (κ1) is 14.8. The highest BCUT2D eigenvalue weighted by Crippen LogP contribution is 2.29. The Bertz CT molecular complexity index is 418. The molecule has 2 N–H and O–H groups in total. The summed E-state index contributed by atoms with van der Waals surface area (Å²) in [6, 6.07) is 7.08. The number of hydrogen-bond acceptors (Lipinski definition) is 3. The van der Waals surface area contributed by atoms with Crippen molar-refractivity contribution in [2.45, 2.75) is 32.9 Å². The second-order valence-electron chi connectivity index (χ2n) is 5.09. The highest BCUT2D eigenvalue weighted by atomic mass is 79.9. The molecule has 1 aliphatic heterocycles. The fraction of sp³-hybridized carbons (Fsp3) is 0.600. The number of rotatable bonds is 5. The van der Waals surface area contributed by atoms with Gasteiger partial charge in [-0.2, -0.15) is 0 Å². The lowest BCUT2D eigenvalue weighted by molar-refractivity contribution is 0.232. The summed E-state index contributed by atoms with van der Waals surface area (Å²) in [5, 5.41) is 0. The van der Waals surface area contributed by atoms with Crippen molar-refractivity contribution in [2.75, 3.05) is 31.1 Å².